The predicted molar refractivity (Wildman–Crippen MR) is 111 cm³/mol. The Bertz CT molecular complexity index is 965. The smallest absolute Gasteiger partial charge is 0.251 e. The third-order valence-corrected chi connectivity index (χ3v) is 4.44. The molecule has 3 N–H and O–H groups in total. The summed E-state index contributed by atoms with van der Waals surface area (Å²) in [6.45, 7) is 7.39. The van der Waals surface area contributed by atoms with Crippen LogP contribution < -0.4 is 10.6 Å². The van der Waals surface area contributed by atoms with Crippen molar-refractivity contribution in [2.75, 3.05) is 25.6 Å². The maximum Gasteiger partial charge on any atom is 0.251 e. The van der Waals surface area contributed by atoms with E-state index in [1.807, 2.05) is 37.3 Å². The molecule has 0 saturated heterocycles. The third-order valence-electron chi connectivity index (χ3n) is 4.44. The monoisotopic (exact) mass is 381 g/mol. The first-order chi connectivity index (χ1) is 13.5. The number of carbonyl (C=O) groups is 1. The Balaban J connectivity index is 1.90. The fraction of sp³-hybridized carbons (Fsp3) is 0.381. The highest BCUT2D eigenvalue weighted by atomic mass is 16.5. The van der Waals surface area contributed by atoms with Gasteiger partial charge in [0.25, 0.3) is 5.91 Å². The molecule has 0 bridgehead atoms. The number of rotatable bonds is 8. The molecular weight excluding hydrogens is 354 g/mol. The largest absolute Gasteiger partial charge is 0.385 e. The van der Waals surface area contributed by atoms with Gasteiger partial charge in [0.05, 0.1) is 5.69 Å². The molecule has 2 aromatic heterocycles. The lowest BCUT2D eigenvalue weighted by Gasteiger charge is -2.13. The van der Waals surface area contributed by atoms with Gasteiger partial charge in [-0.05, 0) is 42.8 Å². The molecule has 1 amide bonds. The van der Waals surface area contributed by atoms with Crippen molar-refractivity contribution in [2.45, 2.75) is 33.1 Å². The molecule has 1 aromatic carbocycles. The molecule has 0 atom stereocenters. The molecule has 148 valence electrons. The van der Waals surface area contributed by atoms with Gasteiger partial charge in [-0.15, -0.1) is 0 Å². The molecule has 0 aliphatic rings. The summed E-state index contributed by atoms with van der Waals surface area (Å²) in [4.78, 5) is 17.2. The second kappa shape index (κ2) is 8.84. The van der Waals surface area contributed by atoms with E-state index in [0.717, 1.165) is 28.6 Å². The van der Waals surface area contributed by atoms with Gasteiger partial charge in [0.2, 0.25) is 0 Å². The molecule has 0 unspecified atom stereocenters. The Morgan fingerprint density at radius 1 is 1.21 bits per heavy atom. The minimum Gasteiger partial charge on any atom is -0.385 e. The Morgan fingerprint density at radius 3 is 2.71 bits per heavy atom. The van der Waals surface area contributed by atoms with Crippen LogP contribution in [0.25, 0.3) is 10.8 Å². The number of methoxy groups -OCH3 is 1. The number of aryl methyl sites for hydroxylation is 1. The number of aromatic amines is 1. The maximum absolute atomic E-state index is 12.5. The quantitative estimate of drug-likeness (QED) is 0.515. The minimum absolute atomic E-state index is 0.0849. The summed E-state index contributed by atoms with van der Waals surface area (Å²) in [6, 6.07) is 9.61. The summed E-state index contributed by atoms with van der Waals surface area (Å²) in [7, 11) is 1.65. The zero-order chi connectivity index (χ0) is 20.1. The number of H-pyrrole nitrogens is 1. The number of fused-ring (bicyclic) bond motifs is 1. The van der Waals surface area contributed by atoms with Crippen molar-refractivity contribution >= 4 is 28.3 Å². The molecule has 3 rings (SSSR count). The number of carbonyl (C=O) groups excluding carboxylic acids is 1. The number of hydrogen-bond acceptors (Lipinski definition) is 5. The second-order valence-electron chi connectivity index (χ2n) is 7.15. The number of amides is 1. The van der Waals surface area contributed by atoms with Gasteiger partial charge in [-0.1, -0.05) is 19.9 Å². The second-order valence-corrected chi connectivity index (χ2v) is 7.15. The van der Waals surface area contributed by atoms with Crippen molar-refractivity contribution in [1.29, 1.82) is 0 Å². The third kappa shape index (κ3) is 4.67. The van der Waals surface area contributed by atoms with Gasteiger partial charge in [0, 0.05) is 43.0 Å². The molecule has 0 saturated carbocycles. The molecule has 0 radical (unpaired) electrons. The van der Waals surface area contributed by atoms with Crippen LogP contribution in [0.5, 0.6) is 0 Å². The molecule has 7 nitrogen and oxygen atoms in total. The SMILES string of the molecule is COCCCNC(=O)c1ccc2c(C(C)C)nc(Nc3cc(C)[nH]n3)cc2c1. The molecular formula is C21H27N5O2. The zero-order valence-corrected chi connectivity index (χ0v) is 16.8. The van der Waals surface area contributed by atoms with Gasteiger partial charge in [-0.2, -0.15) is 5.10 Å². The highest BCUT2D eigenvalue weighted by Gasteiger charge is 2.13. The van der Waals surface area contributed by atoms with Crippen molar-refractivity contribution in [2.24, 2.45) is 0 Å². The summed E-state index contributed by atoms with van der Waals surface area (Å²) < 4.78 is 5.01. The van der Waals surface area contributed by atoms with Crippen LogP contribution in [0.2, 0.25) is 0 Å². The van der Waals surface area contributed by atoms with Gasteiger partial charge in [-0.3, -0.25) is 9.89 Å². The van der Waals surface area contributed by atoms with Crippen LogP contribution in [-0.4, -0.2) is 41.3 Å². The Kier molecular flexibility index (Phi) is 6.26. The number of pyridine rings is 1. The summed E-state index contributed by atoms with van der Waals surface area (Å²) in [5.74, 6) is 1.59. The summed E-state index contributed by atoms with van der Waals surface area (Å²) >= 11 is 0. The van der Waals surface area contributed by atoms with E-state index in [-0.39, 0.29) is 11.8 Å². The maximum atomic E-state index is 12.5. The number of anilines is 2. The lowest BCUT2D eigenvalue weighted by molar-refractivity contribution is 0.0948. The van der Waals surface area contributed by atoms with Crippen LogP contribution >= 0.6 is 0 Å². The van der Waals surface area contributed by atoms with Crippen molar-refractivity contribution in [3.05, 3.63) is 47.3 Å². The van der Waals surface area contributed by atoms with Gasteiger partial charge in [-0.25, -0.2) is 4.98 Å². The summed E-state index contributed by atoms with van der Waals surface area (Å²) in [5.41, 5.74) is 2.59. The van der Waals surface area contributed by atoms with E-state index in [4.69, 9.17) is 9.72 Å². The van der Waals surface area contributed by atoms with Crippen LogP contribution in [0.1, 0.15) is 47.9 Å². The van der Waals surface area contributed by atoms with Crippen LogP contribution in [0.15, 0.2) is 30.3 Å². The fourth-order valence-electron chi connectivity index (χ4n) is 3.06. The molecule has 0 aliphatic carbocycles. The fourth-order valence-corrected chi connectivity index (χ4v) is 3.06. The Labute approximate surface area is 164 Å². The summed E-state index contributed by atoms with van der Waals surface area (Å²) in [5, 5.41) is 15.3. The van der Waals surface area contributed by atoms with E-state index in [1.165, 1.54) is 0 Å². The first-order valence-electron chi connectivity index (χ1n) is 9.49. The van der Waals surface area contributed by atoms with Crippen LogP contribution in [0.4, 0.5) is 11.6 Å². The van der Waals surface area contributed by atoms with E-state index in [1.54, 1.807) is 7.11 Å². The lowest BCUT2D eigenvalue weighted by atomic mass is 10.00. The van der Waals surface area contributed by atoms with Crippen molar-refractivity contribution in [3.8, 4) is 0 Å². The van der Waals surface area contributed by atoms with E-state index in [9.17, 15) is 4.79 Å². The van der Waals surface area contributed by atoms with Crippen LogP contribution in [0.3, 0.4) is 0 Å². The number of hydrogen-bond donors (Lipinski definition) is 3. The molecule has 0 fully saturated rings. The molecule has 28 heavy (non-hydrogen) atoms. The van der Waals surface area contributed by atoms with E-state index >= 15 is 0 Å². The standard InChI is InChI=1S/C21H27N5O2/c1-13(2)20-17-7-6-15(21(27)22-8-5-9-28-4)11-16(17)12-18(24-20)23-19-10-14(3)25-26-19/h6-7,10-13H,5,8-9H2,1-4H3,(H,22,27)(H2,23,24,25,26). The van der Waals surface area contributed by atoms with Crippen molar-refractivity contribution in [3.63, 3.8) is 0 Å². The number of nitrogens with one attached hydrogen (secondary N) is 3. The van der Waals surface area contributed by atoms with Crippen molar-refractivity contribution in [1.82, 2.24) is 20.5 Å². The first-order valence-corrected chi connectivity index (χ1v) is 9.49. The van der Waals surface area contributed by atoms with Gasteiger partial charge < -0.3 is 15.4 Å². The highest BCUT2D eigenvalue weighted by Crippen LogP contribution is 2.28. The molecule has 7 heteroatoms. The number of benzene rings is 1. The molecule has 0 aliphatic heterocycles. The average Bonchev–Trinajstić information content (AvgIpc) is 3.08. The Hall–Kier alpha value is -2.93. The summed E-state index contributed by atoms with van der Waals surface area (Å²) in [6.07, 6.45) is 0.786. The van der Waals surface area contributed by atoms with Gasteiger partial charge in [0.1, 0.15) is 5.82 Å². The normalized spacial score (nSPS) is 11.2. The lowest BCUT2D eigenvalue weighted by Crippen LogP contribution is -2.25. The molecule has 2 heterocycles. The molecule has 3 aromatic rings. The van der Waals surface area contributed by atoms with Crippen LogP contribution in [0, 0.1) is 6.92 Å². The van der Waals surface area contributed by atoms with Crippen molar-refractivity contribution < 1.29 is 9.53 Å². The zero-order valence-electron chi connectivity index (χ0n) is 16.8. The van der Waals surface area contributed by atoms with Crippen LogP contribution in [-0.2, 0) is 4.74 Å². The van der Waals surface area contributed by atoms with E-state index in [2.05, 4.69) is 34.7 Å². The van der Waals surface area contributed by atoms with Gasteiger partial charge >= 0.3 is 0 Å². The van der Waals surface area contributed by atoms with E-state index in [0.29, 0.717) is 30.4 Å². The topological polar surface area (TPSA) is 91.9 Å². The number of ether oxygens (including phenoxy) is 1. The number of nitrogens with zero attached hydrogens (tertiary/aromatic N) is 2. The predicted octanol–water partition coefficient (Wildman–Crippen LogP) is 3.90. The van der Waals surface area contributed by atoms with Gasteiger partial charge in [0.15, 0.2) is 5.82 Å². The first kappa shape index (κ1) is 19.8. The highest BCUT2D eigenvalue weighted by molar-refractivity contribution is 5.99. The number of aromatic nitrogens is 3. The van der Waals surface area contributed by atoms with E-state index < -0.39 is 0 Å². The Morgan fingerprint density at radius 2 is 2.04 bits per heavy atom. The average molecular weight is 381 g/mol. The molecule has 0 spiro atoms. The minimum atomic E-state index is -0.0849.